The largest absolute Gasteiger partial charge is 0.497 e. The molecule has 1 aliphatic carbocycles. The number of thiazole rings is 1. The van der Waals surface area contributed by atoms with Gasteiger partial charge in [-0.2, -0.15) is 11.8 Å². The first-order valence-corrected chi connectivity index (χ1v) is 16.0. The van der Waals surface area contributed by atoms with Gasteiger partial charge in [-0.25, -0.2) is 4.98 Å². The normalized spacial score (nSPS) is 18.2. The third-order valence-corrected chi connectivity index (χ3v) is 9.17. The Labute approximate surface area is 239 Å². The number of nitrogens with one attached hydrogen (secondary N) is 1. The van der Waals surface area contributed by atoms with Crippen LogP contribution in [-0.2, 0) is 4.79 Å². The SMILES string of the molecule is COc1ccc(-c2ccccc2)c(NC(=O)c2csc(C3CCCC(CCC(=O)C(O)CCSC)CC3)n2)c1. The van der Waals surface area contributed by atoms with E-state index in [9.17, 15) is 14.7 Å². The van der Waals surface area contributed by atoms with Crippen LogP contribution < -0.4 is 10.1 Å². The van der Waals surface area contributed by atoms with E-state index in [-0.39, 0.29) is 11.7 Å². The number of aromatic nitrogens is 1. The van der Waals surface area contributed by atoms with Crippen LogP contribution in [0.25, 0.3) is 11.1 Å². The molecular formula is C31H38N2O4S2. The Balaban J connectivity index is 1.36. The number of nitrogens with zero attached hydrogens (tertiary/aromatic N) is 1. The Morgan fingerprint density at radius 3 is 2.74 bits per heavy atom. The number of rotatable bonds is 12. The van der Waals surface area contributed by atoms with Crippen molar-refractivity contribution in [1.82, 2.24) is 4.98 Å². The van der Waals surface area contributed by atoms with Gasteiger partial charge in [-0.3, -0.25) is 9.59 Å². The number of carbonyl (C=O) groups excluding carboxylic acids is 2. The Bertz CT molecular complexity index is 1230. The van der Waals surface area contributed by atoms with Crippen molar-refractivity contribution in [2.45, 2.75) is 63.4 Å². The van der Waals surface area contributed by atoms with E-state index < -0.39 is 6.10 Å². The standard InChI is InChI=1S/C31H38N2O4S2/c1-37-24-14-15-25(22-8-4-3-5-9-22)26(19-24)32-30(36)27-20-39-31(33-27)23-10-6-7-21(11-13-23)12-16-28(34)29(35)17-18-38-2/h3-5,8-9,14-15,19-21,23,29,35H,6-7,10-13,16-18H2,1-2H3,(H,32,36). The van der Waals surface area contributed by atoms with Crippen molar-refractivity contribution < 1.29 is 19.4 Å². The van der Waals surface area contributed by atoms with Crippen molar-refractivity contribution in [2.24, 2.45) is 5.92 Å². The van der Waals surface area contributed by atoms with Gasteiger partial charge in [0, 0.05) is 29.3 Å². The van der Waals surface area contributed by atoms with E-state index in [4.69, 9.17) is 9.72 Å². The molecule has 0 radical (unpaired) electrons. The molecule has 0 bridgehead atoms. The minimum Gasteiger partial charge on any atom is -0.497 e. The van der Waals surface area contributed by atoms with Crippen LogP contribution in [0.4, 0.5) is 5.69 Å². The Morgan fingerprint density at radius 2 is 1.97 bits per heavy atom. The molecular weight excluding hydrogens is 528 g/mol. The molecule has 3 unspecified atom stereocenters. The molecule has 4 rings (SSSR count). The van der Waals surface area contributed by atoms with E-state index in [0.717, 1.165) is 60.4 Å². The van der Waals surface area contributed by atoms with Crippen molar-refractivity contribution >= 4 is 40.5 Å². The first kappa shape index (κ1) is 29.3. The van der Waals surface area contributed by atoms with E-state index in [1.54, 1.807) is 30.2 Å². The molecule has 1 saturated carbocycles. The van der Waals surface area contributed by atoms with Crippen LogP contribution in [0.3, 0.4) is 0 Å². The van der Waals surface area contributed by atoms with Crippen molar-refractivity contribution in [1.29, 1.82) is 0 Å². The third kappa shape index (κ3) is 8.16. The summed E-state index contributed by atoms with van der Waals surface area (Å²) in [6, 6.07) is 15.6. The quantitative estimate of drug-likeness (QED) is 0.226. The maximum atomic E-state index is 13.2. The van der Waals surface area contributed by atoms with Gasteiger partial charge in [-0.05, 0) is 67.7 Å². The molecule has 6 nitrogen and oxygen atoms in total. The highest BCUT2D eigenvalue weighted by atomic mass is 32.2. The summed E-state index contributed by atoms with van der Waals surface area (Å²) in [6.45, 7) is 0. The van der Waals surface area contributed by atoms with E-state index in [1.165, 1.54) is 0 Å². The number of hydrogen-bond donors (Lipinski definition) is 2. The molecule has 208 valence electrons. The monoisotopic (exact) mass is 566 g/mol. The molecule has 2 aromatic carbocycles. The Hall–Kier alpha value is -2.68. The fraction of sp³-hybridized carbons (Fsp3) is 0.452. The summed E-state index contributed by atoms with van der Waals surface area (Å²) in [7, 11) is 1.61. The number of aliphatic hydroxyl groups is 1. The van der Waals surface area contributed by atoms with Gasteiger partial charge in [0.05, 0.1) is 17.8 Å². The zero-order valence-electron chi connectivity index (χ0n) is 22.7. The van der Waals surface area contributed by atoms with E-state index in [1.807, 2.05) is 60.2 Å². The van der Waals surface area contributed by atoms with Crippen molar-refractivity contribution in [2.75, 3.05) is 24.4 Å². The molecule has 0 aliphatic heterocycles. The number of ketones is 1. The highest BCUT2D eigenvalue weighted by molar-refractivity contribution is 7.98. The van der Waals surface area contributed by atoms with Gasteiger partial charge in [0.1, 0.15) is 17.5 Å². The van der Waals surface area contributed by atoms with Crippen LogP contribution in [0.1, 0.15) is 72.8 Å². The van der Waals surface area contributed by atoms with Crippen molar-refractivity contribution in [3.8, 4) is 16.9 Å². The average Bonchev–Trinajstić information content (AvgIpc) is 3.34. The summed E-state index contributed by atoms with van der Waals surface area (Å²) in [6.07, 6.45) is 8.29. The molecule has 1 fully saturated rings. The maximum absolute atomic E-state index is 13.2. The average molecular weight is 567 g/mol. The smallest absolute Gasteiger partial charge is 0.275 e. The van der Waals surface area contributed by atoms with Crippen LogP contribution in [0.15, 0.2) is 53.9 Å². The number of amides is 1. The van der Waals surface area contributed by atoms with Crippen LogP contribution in [0.2, 0.25) is 0 Å². The Morgan fingerprint density at radius 1 is 1.15 bits per heavy atom. The molecule has 0 saturated heterocycles. The van der Waals surface area contributed by atoms with Gasteiger partial charge < -0.3 is 15.2 Å². The molecule has 3 aromatic rings. The van der Waals surface area contributed by atoms with Crippen molar-refractivity contribution in [3.05, 3.63) is 64.6 Å². The molecule has 1 aromatic heterocycles. The minimum absolute atomic E-state index is 0.0214. The maximum Gasteiger partial charge on any atom is 0.275 e. The summed E-state index contributed by atoms with van der Waals surface area (Å²) >= 11 is 3.21. The predicted molar refractivity (Wildman–Crippen MR) is 161 cm³/mol. The second kappa shape index (κ2) is 14.6. The number of anilines is 1. The van der Waals surface area contributed by atoms with E-state index in [2.05, 4.69) is 5.32 Å². The predicted octanol–water partition coefficient (Wildman–Crippen LogP) is 7.20. The molecule has 39 heavy (non-hydrogen) atoms. The van der Waals surface area contributed by atoms with Crippen molar-refractivity contribution in [3.63, 3.8) is 0 Å². The Kier molecular flexibility index (Phi) is 11.0. The number of ether oxygens (including phenoxy) is 1. The summed E-state index contributed by atoms with van der Waals surface area (Å²) in [4.78, 5) is 30.3. The molecule has 2 N–H and O–H groups in total. The first-order chi connectivity index (χ1) is 19.0. The number of methoxy groups -OCH3 is 1. The highest BCUT2D eigenvalue weighted by Gasteiger charge is 2.25. The second-order valence-electron chi connectivity index (χ2n) is 10.2. The number of hydrogen-bond acceptors (Lipinski definition) is 7. The number of thioether (sulfide) groups is 1. The topological polar surface area (TPSA) is 88.5 Å². The lowest BCUT2D eigenvalue weighted by Gasteiger charge is -2.15. The summed E-state index contributed by atoms with van der Waals surface area (Å²) in [5, 5.41) is 16.0. The summed E-state index contributed by atoms with van der Waals surface area (Å²) < 4.78 is 5.40. The highest BCUT2D eigenvalue weighted by Crippen LogP contribution is 2.37. The van der Waals surface area contributed by atoms with Crippen LogP contribution in [0, 0.1) is 5.92 Å². The summed E-state index contributed by atoms with van der Waals surface area (Å²) in [5.41, 5.74) is 3.05. The number of benzene rings is 2. The fourth-order valence-corrected chi connectivity index (χ4v) is 6.64. The fourth-order valence-electron chi connectivity index (χ4n) is 5.21. The number of Topliss-reactive ketones (excluding diaryl/α,β-unsaturated/α-hetero) is 1. The van der Waals surface area contributed by atoms with Gasteiger partial charge in [-0.15, -0.1) is 11.3 Å². The number of carbonyl (C=O) groups is 2. The molecule has 8 heteroatoms. The first-order valence-electron chi connectivity index (χ1n) is 13.7. The molecule has 3 atom stereocenters. The molecule has 1 aliphatic rings. The molecule has 0 spiro atoms. The molecule has 1 amide bonds. The lowest BCUT2D eigenvalue weighted by molar-refractivity contribution is -0.127. The zero-order valence-corrected chi connectivity index (χ0v) is 24.4. The third-order valence-electron chi connectivity index (χ3n) is 7.52. The van der Waals surface area contributed by atoms with Gasteiger partial charge >= 0.3 is 0 Å². The zero-order chi connectivity index (χ0) is 27.6. The van der Waals surface area contributed by atoms with Gasteiger partial charge in [0.25, 0.3) is 5.91 Å². The van der Waals surface area contributed by atoms with Crippen LogP contribution in [0.5, 0.6) is 5.75 Å². The molecule has 1 heterocycles. The van der Waals surface area contributed by atoms with Gasteiger partial charge in [0.2, 0.25) is 0 Å². The van der Waals surface area contributed by atoms with E-state index in [0.29, 0.717) is 41.8 Å². The van der Waals surface area contributed by atoms with Gasteiger partial charge in [0.15, 0.2) is 5.78 Å². The van der Waals surface area contributed by atoms with Crippen LogP contribution in [-0.4, -0.2) is 47.0 Å². The minimum atomic E-state index is -0.823. The summed E-state index contributed by atoms with van der Waals surface area (Å²) in [5.74, 6) is 2.06. The lowest BCUT2D eigenvalue weighted by atomic mass is 9.92. The number of aliphatic hydroxyl groups excluding tert-OH is 1. The lowest BCUT2D eigenvalue weighted by Crippen LogP contribution is -2.21. The van der Waals surface area contributed by atoms with E-state index >= 15 is 0 Å². The van der Waals surface area contributed by atoms with Crippen LogP contribution >= 0.6 is 23.1 Å². The second-order valence-corrected chi connectivity index (χ2v) is 12.1. The van der Waals surface area contributed by atoms with Gasteiger partial charge in [-0.1, -0.05) is 43.2 Å².